The van der Waals surface area contributed by atoms with Gasteiger partial charge in [-0.2, -0.15) is 0 Å². The Morgan fingerprint density at radius 2 is 2.00 bits per heavy atom. The number of nitrogens with one attached hydrogen (secondary N) is 1. The predicted molar refractivity (Wildman–Crippen MR) is 133 cm³/mol. The van der Waals surface area contributed by atoms with Crippen LogP contribution in [0.5, 0.6) is 5.75 Å². The number of likely N-dealkylation sites (tertiary alicyclic amines) is 1. The van der Waals surface area contributed by atoms with Gasteiger partial charge in [0.15, 0.2) is 0 Å². The SMILES string of the molecule is COC(=O)[C@]12CCCCC=C1N(Cc1ccco1)C(=O)[C@H](CC(=O)NCCc1ccccc1OC)C2. The minimum Gasteiger partial charge on any atom is -0.496 e. The molecule has 1 fully saturated rings. The van der Waals surface area contributed by atoms with Crippen molar-refractivity contribution in [2.24, 2.45) is 11.3 Å². The molecule has 0 radical (unpaired) electrons. The van der Waals surface area contributed by atoms with Crippen molar-refractivity contribution in [1.82, 2.24) is 10.2 Å². The zero-order valence-corrected chi connectivity index (χ0v) is 21.0. The third kappa shape index (κ3) is 5.32. The van der Waals surface area contributed by atoms with E-state index in [1.54, 1.807) is 30.4 Å². The Bertz CT molecular complexity index is 1110. The maximum absolute atomic E-state index is 13.7. The summed E-state index contributed by atoms with van der Waals surface area (Å²) < 4.78 is 16.2. The van der Waals surface area contributed by atoms with E-state index in [2.05, 4.69) is 5.32 Å². The molecular formula is C28H34N2O6. The number of allylic oxidation sites excluding steroid dienone is 1. The normalized spacial score (nSPS) is 21.7. The second-order valence-corrected chi connectivity index (χ2v) is 9.43. The minimum atomic E-state index is -0.950. The van der Waals surface area contributed by atoms with Crippen molar-refractivity contribution in [3.8, 4) is 5.75 Å². The summed E-state index contributed by atoms with van der Waals surface area (Å²) in [7, 11) is 3.00. The molecule has 0 spiro atoms. The Balaban J connectivity index is 1.52. The zero-order chi connectivity index (χ0) is 25.5. The van der Waals surface area contributed by atoms with Crippen molar-refractivity contribution < 1.29 is 28.3 Å². The fourth-order valence-electron chi connectivity index (χ4n) is 5.46. The molecule has 36 heavy (non-hydrogen) atoms. The third-order valence-electron chi connectivity index (χ3n) is 7.20. The Morgan fingerprint density at radius 1 is 1.17 bits per heavy atom. The van der Waals surface area contributed by atoms with E-state index in [4.69, 9.17) is 13.9 Å². The average Bonchev–Trinajstić information content (AvgIpc) is 3.31. The van der Waals surface area contributed by atoms with E-state index in [9.17, 15) is 14.4 Å². The molecule has 1 N–H and O–H groups in total. The maximum Gasteiger partial charge on any atom is 0.317 e. The van der Waals surface area contributed by atoms with Gasteiger partial charge >= 0.3 is 5.97 Å². The highest BCUT2D eigenvalue weighted by molar-refractivity contribution is 5.92. The van der Waals surface area contributed by atoms with Gasteiger partial charge in [-0.1, -0.05) is 30.7 Å². The van der Waals surface area contributed by atoms with Crippen LogP contribution in [0.3, 0.4) is 0 Å². The lowest BCUT2D eigenvalue weighted by atomic mass is 9.69. The van der Waals surface area contributed by atoms with Crippen LogP contribution in [0, 0.1) is 11.3 Å². The lowest BCUT2D eigenvalue weighted by molar-refractivity contribution is -0.160. The Hall–Kier alpha value is -3.55. The highest BCUT2D eigenvalue weighted by atomic mass is 16.5. The van der Waals surface area contributed by atoms with Gasteiger partial charge in [-0.15, -0.1) is 0 Å². The quantitative estimate of drug-likeness (QED) is 0.529. The predicted octanol–water partition coefficient (Wildman–Crippen LogP) is 4.00. The standard InChI is InChI=1S/C28H34N2O6/c1-34-23-11-6-5-9-20(23)13-15-29-25(31)17-21-18-28(27(33)35-2)14-7-3-4-12-24(28)30(26(21)32)19-22-10-8-16-36-22/h5-6,8-12,16,21H,3-4,7,13-15,17-19H2,1-2H3,(H,29,31)/t21-,28+/m1/s1. The number of ether oxygens (including phenoxy) is 2. The molecule has 2 atom stereocenters. The summed E-state index contributed by atoms with van der Waals surface area (Å²) in [6.07, 6.45) is 7.57. The van der Waals surface area contributed by atoms with E-state index in [-0.39, 0.29) is 37.2 Å². The first kappa shape index (κ1) is 25.5. The van der Waals surface area contributed by atoms with Crippen LogP contribution in [-0.4, -0.2) is 43.4 Å². The first-order valence-electron chi connectivity index (χ1n) is 12.5. The van der Waals surface area contributed by atoms with E-state index >= 15 is 0 Å². The molecule has 2 aromatic rings. The van der Waals surface area contributed by atoms with Crippen molar-refractivity contribution in [3.05, 3.63) is 65.8 Å². The first-order valence-corrected chi connectivity index (χ1v) is 12.5. The number of methoxy groups -OCH3 is 2. The van der Waals surface area contributed by atoms with E-state index in [0.717, 1.165) is 30.6 Å². The van der Waals surface area contributed by atoms with E-state index in [1.165, 1.54) is 7.11 Å². The number of nitrogens with zero attached hydrogens (tertiary/aromatic N) is 1. The van der Waals surface area contributed by atoms with Crippen molar-refractivity contribution >= 4 is 17.8 Å². The smallest absolute Gasteiger partial charge is 0.317 e. The molecule has 0 saturated carbocycles. The molecule has 1 aromatic heterocycles. The van der Waals surface area contributed by atoms with Gasteiger partial charge in [0.25, 0.3) is 0 Å². The maximum atomic E-state index is 13.7. The van der Waals surface area contributed by atoms with Crippen molar-refractivity contribution in [2.45, 2.75) is 51.5 Å². The molecule has 1 aromatic carbocycles. The molecule has 2 aliphatic rings. The molecule has 0 bridgehead atoms. The van der Waals surface area contributed by atoms with Crippen molar-refractivity contribution in [1.29, 1.82) is 0 Å². The van der Waals surface area contributed by atoms with Crippen LogP contribution in [0.2, 0.25) is 0 Å². The summed E-state index contributed by atoms with van der Waals surface area (Å²) >= 11 is 0. The van der Waals surface area contributed by atoms with Crippen LogP contribution in [-0.2, 0) is 32.1 Å². The number of hydrogen-bond acceptors (Lipinski definition) is 6. The largest absolute Gasteiger partial charge is 0.496 e. The number of hydrogen-bond donors (Lipinski definition) is 1. The average molecular weight is 495 g/mol. The van der Waals surface area contributed by atoms with Gasteiger partial charge < -0.3 is 24.1 Å². The van der Waals surface area contributed by atoms with Crippen LogP contribution < -0.4 is 10.1 Å². The molecule has 2 heterocycles. The van der Waals surface area contributed by atoms with Crippen LogP contribution >= 0.6 is 0 Å². The van der Waals surface area contributed by atoms with Gasteiger partial charge in [0.2, 0.25) is 11.8 Å². The van der Waals surface area contributed by atoms with E-state index in [1.807, 2.05) is 30.3 Å². The zero-order valence-electron chi connectivity index (χ0n) is 21.0. The number of fused-ring (bicyclic) bond motifs is 1. The molecule has 2 amide bonds. The molecule has 1 aliphatic heterocycles. The minimum absolute atomic E-state index is 0.00539. The number of piperidine rings is 1. The number of furan rings is 1. The third-order valence-corrected chi connectivity index (χ3v) is 7.20. The van der Waals surface area contributed by atoms with E-state index < -0.39 is 11.3 Å². The molecule has 8 nitrogen and oxygen atoms in total. The van der Waals surface area contributed by atoms with Crippen LogP contribution in [0.1, 0.15) is 49.8 Å². The molecule has 1 aliphatic carbocycles. The highest BCUT2D eigenvalue weighted by Gasteiger charge is 2.54. The van der Waals surface area contributed by atoms with Gasteiger partial charge in [0.1, 0.15) is 16.9 Å². The lowest BCUT2D eigenvalue weighted by Crippen LogP contribution is -2.53. The fourth-order valence-corrected chi connectivity index (χ4v) is 5.46. The summed E-state index contributed by atoms with van der Waals surface area (Å²) in [5.41, 5.74) is 0.728. The molecule has 8 heteroatoms. The van der Waals surface area contributed by atoms with Gasteiger partial charge in [-0.3, -0.25) is 14.4 Å². The van der Waals surface area contributed by atoms with Crippen LogP contribution in [0.15, 0.2) is 58.9 Å². The number of amides is 2. The van der Waals surface area contributed by atoms with Gasteiger partial charge in [-0.05, 0) is 55.9 Å². The van der Waals surface area contributed by atoms with E-state index in [0.29, 0.717) is 30.8 Å². The highest BCUT2D eigenvalue weighted by Crippen LogP contribution is 2.49. The number of rotatable bonds is 9. The first-order chi connectivity index (χ1) is 17.5. The summed E-state index contributed by atoms with van der Waals surface area (Å²) in [6, 6.07) is 11.2. The Morgan fingerprint density at radius 3 is 2.75 bits per heavy atom. The Labute approximate surface area is 211 Å². The molecular weight excluding hydrogens is 460 g/mol. The number of carbonyl (C=O) groups excluding carboxylic acids is 3. The lowest BCUT2D eigenvalue weighted by Gasteiger charge is -2.45. The van der Waals surface area contributed by atoms with Crippen LogP contribution in [0.25, 0.3) is 0 Å². The second kappa shape index (κ2) is 11.5. The monoisotopic (exact) mass is 494 g/mol. The molecule has 0 unspecified atom stereocenters. The second-order valence-electron chi connectivity index (χ2n) is 9.43. The summed E-state index contributed by atoms with van der Waals surface area (Å²) in [5.74, 6) is 0.0145. The Kier molecular flexibility index (Phi) is 8.13. The fraction of sp³-hybridized carbons (Fsp3) is 0.464. The van der Waals surface area contributed by atoms with Gasteiger partial charge in [0, 0.05) is 24.6 Å². The number of para-hydroxylation sites is 1. The van der Waals surface area contributed by atoms with Crippen molar-refractivity contribution in [3.63, 3.8) is 0 Å². The number of benzene rings is 1. The summed E-state index contributed by atoms with van der Waals surface area (Å²) in [4.78, 5) is 41.5. The van der Waals surface area contributed by atoms with Crippen molar-refractivity contribution in [2.75, 3.05) is 20.8 Å². The summed E-state index contributed by atoms with van der Waals surface area (Å²) in [6.45, 7) is 0.631. The number of carbonyl (C=O) groups is 3. The van der Waals surface area contributed by atoms with Crippen LogP contribution in [0.4, 0.5) is 0 Å². The summed E-state index contributed by atoms with van der Waals surface area (Å²) in [5, 5.41) is 2.94. The molecule has 1 saturated heterocycles. The van der Waals surface area contributed by atoms with Gasteiger partial charge in [0.05, 0.1) is 27.0 Å². The number of esters is 1. The topological polar surface area (TPSA) is 98.1 Å². The molecule has 192 valence electrons. The molecule has 4 rings (SSSR count). The van der Waals surface area contributed by atoms with Gasteiger partial charge in [-0.25, -0.2) is 0 Å².